The Bertz CT molecular complexity index is 780. The molecule has 1 aromatic heterocycles. The highest BCUT2D eigenvalue weighted by atomic mass is 16.5. The number of benzene rings is 1. The van der Waals surface area contributed by atoms with Crippen LogP contribution in [0.15, 0.2) is 46.0 Å². The molecule has 2 aromatic rings. The van der Waals surface area contributed by atoms with Crippen LogP contribution in [-0.4, -0.2) is 28.1 Å². The van der Waals surface area contributed by atoms with Crippen LogP contribution < -0.4 is 15.9 Å². The van der Waals surface area contributed by atoms with Crippen molar-refractivity contribution in [3.63, 3.8) is 0 Å². The van der Waals surface area contributed by atoms with E-state index >= 15 is 0 Å². The maximum absolute atomic E-state index is 11.5. The second kappa shape index (κ2) is 7.12. The Morgan fingerprint density at radius 2 is 2.10 bits per heavy atom. The molecule has 2 N–H and O–H groups in total. The van der Waals surface area contributed by atoms with Crippen LogP contribution in [0.5, 0.6) is 5.75 Å². The van der Waals surface area contributed by atoms with Crippen molar-refractivity contribution in [2.24, 2.45) is 0 Å². The molecule has 6 nitrogen and oxygen atoms in total. The lowest BCUT2D eigenvalue weighted by atomic mass is 10.2. The SMILES string of the molecule is O=c1ccc(=O)n(CCOc2cccc(C#CCO)c2)[nH]1. The van der Waals surface area contributed by atoms with Gasteiger partial charge in [0.2, 0.25) is 0 Å². The maximum Gasteiger partial charge on any atom is 0.265 e. The van der Waals surface area contributed by atoms with Gasteiger partial charge in [0.15, 0.2) is 0 Å². The third-order valence-corrected chi connectivity index (χ3v) is 2.62. The van der Waals surface area contributed by atoms with E-state index in [1.54, 1.807) is 24.3 Å². The molecule has 6 heteroatoms. The molecule has 21 heavy (non-hydrogen) atoms. The second-order valence-corrected chi connectivity index (χ2v) is 4.14. The summed E-state index contributed by atoms with van der Waals surface area (Å²) in [5.41, 5.74) is 0.100. The Morgan fingerprint density at radius 1 is 1.24 bits per heavy atom. The first-order valence-electron chi connectivity index (χ1n) is 6.32. The first-order valence-corrected chi connectivity index (χ1v) is 6.32. The fraction of sp³-hybridized carbons (Fsp3) is 0.200. The Kier molecular flexibility index (Phi) is 4.96. The lowest BCUT2D eigenvalue weighted by Crippen LogP contribution is -2.29. The van der Waals surface area contributed by atoms with Crippen molar-refractivity contribution >= 4 is 0 Å². The van der Waals surface area contributed by atoms with Gasteiger partial charge in [-0.25, -0.2) is 4.68 Å². The van der Waals surface area contributed by atoms with E-state index < -0.39 is 0 Å². The molecule has 0 aliphatic heterocycles. The second-order valence-electron chi connectivity index (χ2n) is 4.14. The number of hydrogen-bond donors (Lipinski definition) is 2. The third-order valence-electron chi connectivity index (χ3n) is 2.62. The smallest absolute Gasteiger partial charge is 0.265 e. The van der Waals surface area contributed by atoms with Crippen LogP contribution in [0.25, 0.3) is 0 Å². The molecule has 0 bridgehead atoms. The zero-order valence-electron chi connectivity index (χ0n) is 11.2. The normalized spacial score (nSPS) is 9.76. The van der Waals surface area contributed by atoms with Crippen molar-refractivity contribution in [2.75, 3.05) is 13.2 Å². The number of H-pyrrole nitrogens is 1. The summed E-state index contributed by atoms with van der Waals surface area (Å²) < 4.78 is 6.71. The molecular formula is C15H14N2O4. The van der Waals surface area contributed by atoms with Gasteiger partial charge in [-0.2, -0.15) is 0 Å². The van der Waals surface area contributed by atoms with Crippen LogP contribution in [-0.2, 0) is 6.54 Å². The van der Waals surface area contributed by atoms with Crippen LogP contribution in [0, 0.1) is 11.8 Å². The summed E-state index contributed by atoms with van der Waals surface area (Å²) in [4.78, 5) is 22.6. The van der Waals surface area contributed by atoms with Gasteiger partial charge >= 0.3 is 0 Å². The first kappa shape index (κ1) is 14.6. The molecule has 2 rings (SSSR count). The Balaban J connectivity index is 1.99. The first-order chi connectivity index (χ1) is 10.2. The van der Waals surface area contributed by atoms with E-state index in [9.17, 15) is 9.59 Å². The number of aromatic amines is 1. The van der Waals surface area contributed by atoms with E-state index in [-0.39, 0.29) is 30.9 Å². The zero-order chi connectivity index (χ0) is 15.1. The average Bonchev–Trinajstić information content (AvgIpc) is 2.49. The molecule has 0 spiro atoms. The number of aliphatic hydroxyl groups is 1. The number of rotatable bonds is 4. The molecule has 0 radical (unpaired) electrons. The van der Waals surface area contributed by atoms with E-state index in [1.807, 2.05) is 0 Å². The molecule has 0 atom stereocenters. The number of ether oxygens (including phenoxy) is 1. The highest BCUT2D eigenvalue weighted by molar-refractivity contribution is 5.39. The Morgan fingerprint density at radius 3 is 2.90 bits per heavy atom. The number of nitrogens with one attached hydrogen (secondary N) is 1. The highest BCUT2D eigenvalue weighted by Gasteiger charge is 1.98. The minimum Gasteiger partial charge on any atom is -0.492 e. The molecule has 108 valence electrons. The zero-order valence-corrected chi connectivity index (χ0v) is 11.2. The molecule has 0 saturated carbocycles. The van der Waals surface area contributed by atoms with Gasteiger partial charge in [0.1, 0.15) is 19.0 Å². The number of aliphatic hydroxyl groups excluding tert-OH is 1. The van der Waals surface area contributed by atoms with Gasteiger partial charge in [0.05, 0.1) is 6.54 Å². The molecule has 0 fully saturated rings. The topological polar surface area (TPSA) is 84.3 Å². The van der Waals surface area contributed by atoms with Gasteiger partial charge in [0.25, 0.3) is 11.1 Å². The molecule has 0 unspecified atom stereocenters. The van der Waals surface area contributed by atoms with Gasteiger partial charge < -0.3 is 9.84 Å². The molecule has 1 aromatic carbocycles. The molecule has 0 aliphatic carbocycles. The Hall–Kier alpha value is -2.78. The number of hydrogen-bond acceptors (Lipinski definition) is 4. The van der Waals surface area contributed by atoms with Gasteiger partial charge in [-0.15, -0.1) is 0 Å². The van der Waals surface area contributed by atoms with Gasteiger partial charge in [-0.1, -0.05) is 17.9 Å². The van der Waals surface area contributed by atoms with Crippen molar-refractivity contribution in [3.05, 3.63) is 62.7 Å². The number of aromatic nitrogens is 2. The molecule has 0 saturated heterocycles. The fourth-order valence-corrected chi connectivity index (χ4v) is 1.69. The van der Waals surface area contributed by atoms with E-state index in [2.05, 4.69) is 16.9 Å². The van der Waals surface area contributed by atoms with Crippen molar-refractivity contribution < 1.29 is 9.84 Å². The van der Waals surface area contributed by atoms with Crippen molar-refractivity contribution in [1.29, 1.82) is 0 Å². The van der Waals surface area contributed by atoms with Crippen LogP contribution in [0.3, 0.4) is 0 Å². The number of nitrogens with zero attached hydrogens (tertiary/aromatic N) is 1. The van der Waals surface area contributed by atoms with Gasteiger partial charge in [0, 0.05) is 17.7 Å². The van der Waals surface area contributed by atoms with E-state index in [0.29, 0.717) is 5.75 Å². The lowest BCUT2D eigenvalue weighted by molar-refractivity contribution is 0.287. The molecular weight excluding hydrogens is 272 g/mol. The standard InChI is InChI=1S/C15H14N2O4/c18-9-2-4-12-3-1-5-13(11-12)21-10-8-17-15(20)7-6-14(19)16-17/h1,3,5-7,11,18H,8-10H2,(H,16,19). The highest BCUT2D eigenvalue weighted by Crippen LogP contribution is 2.12. The van der Waals surface area contributed by atoms with Crippen molar-refractivity contribution in [2.45, 2.75) is 6.54 Å². The van der Waals surface area contributed by atoms with Crippen LogP contribution in [0.4, 0.5) is 0 Å². The monoisotopic (exact) mass is 286 g/mol. The van der Waals surface area contributed by atoms with Crippen LogP contribution in [0.1, 0.15) is 5.56 Å². The molecule has 1 heterocycles. The summed E-state index contributed by atoms with van der Waals surface area (Å²) in [5.74, 6) is 5.93. The summed E-state index contributed by atoms with van der Waals surface area (Å²) in [6.45, 7) is 0.271. The Labute approximate surface area is 120 Å². The van der Waals surface area contributed by atoms with Gasteiger partial charge in [-0.05, 0) is 18.2 Å². The quantitative estimate of drug-likeness (QED) is 0.772. The van der Waals surface area contributed by atoms with Gasteiger partial charge in [-0.3, -0.25) is 14.7 Å². The minimum atomic E-state index is -0.337. The summed E-state index contributed by atoms with van der Waals surface area (Å²) >= 11 is 0. The summed E-state index contributed by atoms with van der Waals surface area (Å²) in [6.07, 6.45) is 0. The van der Waals surface area contributed by atoms with E-state index in [0.717, 1.165) is 5.56 Å². The fourth-order valence-electron chi connectivity index (χ4n) is 1.69. The predicted molar refractivity (Wildman–Crippen MR) is 77.2 cm³/mol. The van der Waals surface area contributed by atoms with E-state index in [4.69, 9.17) is 9.84 Å². The minimum absolute atomic E-state index is 0.199. The largest absolute Gasteiger partial charge is 0.492 e. The summed E-state index contributed by atoms with van der Waals surface area (Å²) in [6, 6.07) is 9.48. The van der Waals surface area contributed by atoms with Crippen molar-refractivity contribution in [1.82, 2.24) is 9.78 Å². The predicted octanol–water partition coefficient (Wildman–Crippen LogP) is -0.0406. The van der Waals surface area contributed by atoms with Crippen LogP contribution >= 0.6 is 0 Å². The van der Waals surface area contributed by atoms with Crippen molar-refractivity contribution in [3.8, 4) is 17.6 Å². The van der Waals surface area contributed by atoms with Crippen LogP contribution in [0.2, 0.25) is 0 Å². The third kappa shape index (κ3) is 4.37. The van der Waals surface area contributed by atoms with E-state index in [1.165, 1.54) is 16.8 Å². The average molecular weight is 286 g/mol. The lowest BCUT2D eigenvalue weighted by Gasteiger charge is -2.08. The molecule has 0 amide bonds. The maximum atomic E-state index is 11.5. The summed E-state index contributed by atoms with van der Waals surface area (Å²) in [5, 5.41) is 11.1. The summed E-state index contributed by atoms with van der Waals surface area (Å²) in [7, 11) is 0. The molecule has 0 aliphatic rings.